The molecule has 0 aliphatic carbocycles. The first kappa shape index (κ1) is 19.8. The van der Waals surface area contributed by atoms with Crippen LogP contribution in [0.4, 0.5) is 5.13 Å². The summed E-state index contributed by atoms with van der Waals surface area (Å²) in [6.07, 6.45) is 0.900. The van der Waals surface area contributed by atoms with Crippen LogP contribution in [0.1, 0.15) is 39.4 Å². The van der Waals surface area contributed by atoms with Crippen molar-refractivity contribution in [3.05, 3.63) is 57.9 Å². The molecule has 0 spiro atoms. The number of nitrogens with zero attached hydrogens (tertiary/aromatic N) is 3. The van der Waals surface area contributed by atoms with Crippen LogP contribution in [-0.4, -0.2) is 33.8 Å². The lowest BCUT2D eigenvalue weighted by Gasteiger charge is -2.07. The molecule has 146 valence electrons. The van der Waals surface area contributed by atoms with Crippen LogP contribution in [0.2, 0.25) is 0 Å². The summed E-state index contributed by atoms with van der Waals surface area (Å²) in [4.78, 5) is 28.0. The molecule has 7 nitrogen and oxygen atoms in total. The second-order valence-electron chi connectivity index (χ2n) is 6.43. The smallest absolute Gasteiger partial charge is 0.305 e. The molecule has 2 heterocycles. The van der Waals surface area contributed by atoms with Crippen molar-refractivity contribution in [1.82, 2.24) is 14.8 Å². The lowest BCUT2D eigenvalue weighted by Crippen LogP contribution is -2.12. The van der Waals surface area contributed by atoms with Crippen molar-refractivity contribution in [3.63, 3.8) is 0 Å². The number of anilines is 1. The third-order valence-electron chi connectivity index (χ3n) is 4.46. The zero-order valence-corrected chi connectivity index (χ0v) is 17.1. The second-order valence-corrected chi connectivity index (χ2v) is 7.29. The molecule has 1 amide bonds. The van der Waals surface area contributed by atoms with E-state index in [1.807, 2.05) is 43.0 Å². The first-order chi connectivity index (χ1) is 13.4. The average molecular weight is 398 g/mol. The highest BCUT2D eigenvalue weighted by atomic mass is 32.1. The molecule has 0 bridgehead atoms. The Morgan fingerprint density at radius 1 is 1.18 bits per heavy atom. The second kappa shape index (κ2) is 8.35. The first-order valence-electron chi connectivity index (χ1n) is 8.85. The van der Waals surface area contributed by atoms with Crippen LogP contribution in [0, 0.1) is 20.8 Å². The predicted octanol–water partition coefficient (Wildman–Crippen LogP) is 3.61. The number of esters is 1. The van der Waals surface area contributed by atoms with Gasteiger partial charge in [-0.05, 0) is 57.0 Å². The summed E-state index contributed by atoms with van der Waals surface area (Å²) < 4.78 is 6.54. The Balaban J connectivity index is 1.76. The molecule has 3 aromatic rings. The number of nitrogens with one attached hydrogen (secondary N) is 1. The minimum absolute atomic E-state index is 0.201. The monoisotopic (exact) mass is 398 g/mol. The van der Waals surface area contributed by atoms with E-state index in [4.69, 9.17) is 4.74 Å². The SMILES string of the molecule is COC(=O)CCc1c(C)nn(-c2ccc(C(=O)Nc3nc(C)cs3)cc2)c1C. The van der Waals surface area contributed by atoms with Gasteiger partial charge in [-0.15, -0.1) is 11.3 Å². The van der Waals surface area contributed by atoms with Gasteiger partial charge in [-0.25, -0.2) is 9.67 Å². The first-order valence-corrected chi connectivity index (χ1v) is 9.73. The van der Waals surface area contributed by atoms with E-state index in [1.54, 1.807) is 12.1 Å². The maximum atomic E-state index is 12.4. The highest BCUT2D eigenvalue weighted by Gasteiger charge is 2.15. The number of methoxy groups -OCH3 is 1. The van der Waals surface area contributed by atoms with Gasteiger partial charge in [0, 0.05) is 23.1 Å². The highest BCUT2D eigenvalue weighted by Crippen LogP contribution is 2.21. The quantitative estimate of drug-likeness (QED) is 0.641. The summed E-state index contributed by atoms with van der Waals surface area (Å²) in [6, 6.07) is 7.22. The van der Waals surface area contributed by atoms with Gasteiger partial charge in [0.25, 0.3) is 5.91 Å². The fourth-order valence-corrected chi connectivity index (χ4v) is 3.64. The van der Waals surface area contributed by atoms with Gasteiger partial charge in [0.15, 0.2) is 5.13 Å². The molecule has 1 aromatic carbocycles. The number of ether oxygens (including phenoxy) is 1. The van der Waals surface area contributed by atoms with E-state index in [9.17, 15) is 9.59 Å². The Hall–Kier alpha value is -3.00. The van der Waals surface area contributed by atoms with E-state index in [-0.39, 0.29) is 11.9 Å². The topological polar surface area (TPSA) is 86.1 Å². The molecule has 1 N–H and O–H groups in total. The molecule has 28 heavy (non-hydrogen) atoms. The summed E-state index contributed by atoms with van der Waals surface area (Å²) in [5.41, 5.74) is 5.16. The Bertz CT molecular complexity index is 1010. The van der Waals surface area contributed by atoms with Crippen molar-refractivity contribution in [2.45, 2.75) is 33.6 Å². The lowest BCUT2D eigenvalue weighted by atomic mass is 10.1. The maximum absolute atomic E-state index is 12.4. The molecule has 3 rings (SSSR count). The molecule has 0 radical (unpaired) electrons. The Morgan fingerprint density at radius 2 is 1.89 bits per heavy atom. The number of aryl methyl sites for hydroxylation is 2. The number of carbonyl (C=O) groups is 2. The molecule has 0 aliphatic rings. The van der Waals surface area contributed by atoms with Crippen molar-refractivity contribution >= 4 is 28.3 Å². The standard InChI is InChI=1S/C20H22N4O3S/c1-12-11-28-20(21-12)22-19(26)15-5-7-16(8-6-15)24-14(3)17(13(2)23-24)9-10-18(25)27-4/h5-8,11H,9-10H2,1-4H3,(H,21,22,26). The predicted molar refractivity (Wildman–Crippen MR) is 108 cm³/mol. The molecule has 2 aromatic heterocycles. The van der Waals surface area contributed by atoms with Gasteiger partial charge in [0.05, 0.1) is 24.2 Å². The van der Waals surface area contributed by atoms with Crippen molar-refractivity contribution < 1.29 is 14.3 Å². The van der Waals surface area contributed by atoms with Crippen molar-refractivity contribution in [1.29, 1.82) is 0 Å². The van der Waals surface area contributed by atoms with Crippen LogP contribution in [0.5, 0.6) is 0 Å². The fraction of sp³-hybridized carbons (Fsp3) is 0.300. The minimum atomic E-state index is -0.239. The number of carbonyl (C=O) groups excluding carboxylic acids is 2. The highest BCUT2D eigenvalue weighted by molar-refractivity contribution is 7.13. The van der Waals surface area contributed by atoms with Crippen LogP contribution in [0.25, 0.3) is 5.69 Å². The number of hydrogen-bond acceptors (Lipinski definition) is 6. The number of benzene rings is 1. The van der Waals surface area contributed by atoms with E-state index in [1.165, 1.54) is 18.4 Å². The molecular formula is C20H22N4O3S. The molecule has 0 saturated heterocycles. The average Bonchev–Trinajstić information content (AvgIpc) is 3.22. The van der Waals surface area contributed by atoms with Gasteiger partial charge in [-0.1, -0.05) is 0 Å². The molecule has 0 fully saturated rings. The minimum Gasteiger partial charge on any atom is -0.469 e. The van der Waals surface area contributed by atoms with Crippen LogP contribution < -0.4 is 5.32 Å². The Morgan fingerprint density at radius 3 is 2.50 bits per heavy atom. The van der Waals surface area contributed by atoms with E-state index < -0.39 is 0 Å². The number of amides is 1. The van der Waals surface area contributed by atoms with E-state index in [0.29, 0.717) is 23.5 Å². The van der Waals surface area contributed by atoms with Gasteiger partial charge in [0.2, 0.25) is 0 Å². The van der Waals surface area contributed by atoms with E-state index in [0.717, 1.165) is 28.3 Å². The zero-order chi connectivity index (χ0) is 20.3. The van der Waals surface area contributed by atoms with Crippen LogP contribution >= 0.6 is 11.3 Å². The van der Waals surface area contributed by atoms with Crippen molar-refractivity contribution in [2.24, 2.45) is 0 Å². The van der Waals surface area contributed by atoms with E-state index >= 15 is 0 Å². The van der Waals surface area contributed by atoms with Crippen molar-refractivity contribution in [2.75, 3.05) is 12.4 Å². The number of thiazole rings is 1. The Kier molecular flexibility index (Phi) is 5.89. The molecule has 0 atom stereocenters. The molecule has 0 aliphatic heterocycles. The third-order valence-corrected chi connectivity index (χ3v) is 5.34. The third kappa shape index (κ3) is 4.28. The van der Waals surface area contributed by atoms with Gasteiger partial charge in [-0.2, -0.15) is 5.10 Å². The maximum Gasteiger partial charge on any atom is 0.305 e. The number of hydrogen-bond donors (Lipinski definition) is 1. The molecule has 8 heteroatoms. The largest absolute Gasteiger partial charge is 0.469 e. The summed E-state index contributed by atoms with van der Waals surface area (Å²) in [6.45, 7) is 5.78. The number of rotatable bonds is 6. The number of aromatic nitrogens is 3. The van der Waals surface area contributed by atoms with Crippen LogP contribution in [0.15, 0.2) is 29.6 Å². The molecule has 0 unspecified atom stereocenters. The van der Waals surface area contributed by atoms with E-state index in [2.05, 4.69) is 15.4 Å². The van der Waals surface area contributed by atoms with Gasteiger partial charge < -0.3 is 4.74 Å². The van der Waals surface area contributed by atoms with Gasteiger partial charge in [-0.3, -0.25) is 14.9 Å². The van der Waals surface area contributed by atoms with Crippen molar-refractivity contribution in [3.8, 4) is 5.69 Å². The lowest BCUT2D eigenvalue weighted by molar-refractivity contribution is -0.140. The fourth-order valence-electron chi connectivity index (χ4n) is 2.95. The van der Waals surface area contributed by atoms with Gasteiger partial charge >= 0.3 is 5.97 Å². The van der Waals surface area contributed by atoms with Gasteiger partial charge in [0.1, 0.15) is 0 Å². The zero-order valence-electron chi connectivity index (χ0n) is 16.3. The molecule has 0 saturated carbocycles. The van der Waals surface area contributed by atoms with Crippen LogP contribution in [0.3, 0.4) is 0 Å². The normalized spacial score (nSPS) is 10.7. The summed E-state index contributed by atoms with van der Waals surface area (Å²) in [7, 11) is 1.39. The summed E-state index contributed by atoms with van der Waals surface area (Å²) in [5, 5.41) is 9.85. The molecular weight excluding hydrogens is 376 g/mol. The Labute approximate surface area is 167 Å². The summed E-state index contributed by atoms with van der Waals surface area (Å²) in [5.74, 6) is -0.439. The summed E-state index contributed by atoms with van der Waals surface area (Å²) >= 11 is 1.40. The van der Waals surface area contributed by atoms with Crippen LogP contribution in [-0.2, 0) is 16.0 Å².